The minimum absolute atomic E-state index is 0.00966. The highest BCUT2D eigenvalue weighted by molar-refractivity contribution is 5.77. The molecule has 1 unspecified atom stereocenters. The molecule has 3 amide bonds. The fraction of sp³-hybridized carbons (Fsp3) is 0.579. The van der Waals surface area contributed by atoms with Gasteiger partial charge in [0.15, 0.2) is 0 Å². The second-order valence-corrected chi connectivity index (χ2v) is 7.76. The second kappa shape index (κ2) is 6.94. The number of urea groups is 1. The molecule has 2 aliphatic rings. The molecule has 3 rings (SSSR count). The molecule has 0 saturated carbocycles. The standard InChI is InChI=1S/C19H27N3O3/c1-19(2,3)25-18(24)21-11-9-15(10-12-21)22-13-16(20-17(22)23)14-7-5-4-6-8-14/h4-8,15-16H,9-13H2,1-3H3,(H,20,23). The number of hydrogen-bond donors (Lipinski definition) is 1. The van der Waals surface area contributed by atoms with Crippen molar-refractivity contribution in [3.63, 3.8) is 0 Å². The smallest absolute Gasteiger partial charge is 0.410 e. The number of rotatable bonds is 2. The minimum atomic E-state index is -0.480. The first kappa shape index (κ1) is 17.6. The van der Waals surface area contributed by atoms with E-state index in [4.69, 9.17) is 4.74 Å². The summed E-state index contributed by atoms with van der Waals surface area (Å²) >= 11 is 0. The summed E-state index contributed by atoms with van der Waals surface area (Å²) in [5, 5.41) is 3.06. The van der Waals surface area contributed by atoms with Gasteiger partial charge < -0.3 is 19.9 Å². The first-order valence-corrected chi connectivity index (χ1v) is 8.93. The van der Waals surface area contributed by atoms with Crippen molar-refractivity contribution >= 4 is 12.1 Å². The van der Waals surface area contributed by atoms with Crippen molar-refractivity contribution in [2.45, 2.75) is 51.3 Å². The van der Waals surface area contributed by atoms with Crippen molar-refractivity contribution in [2.24, 2.45) is 0 Å². The van der Waals surface area contributed by atoms with Crippen LogP contribution in [0.15, 0.2) is 30.3 Å². The minimum Gasteiger partial charge on any atom is -0.444 e. The van der Waals surface area contributed by atoms with E-state index in [2.05, 4.69) is 5.32 Å². The van der Waals surface area contributed by atoms with Gasteiger partial charge >= 0.3 is 12.1 Å². The summed E-state index contributed by atoms with van der Waals surface area (Å²) in [5.74, 6) is 0. The number of benzene rings is 1. The van der Waals surface area contributed by atoms with Gasteiger partial charge in [0.05, 0.1) is 6.04 Å². The molecule has 6 heteroatoms. The van der Waals surface area contributed by atoms with Crippen LogP contribution in [0.1, 0.15) is 45.2 Å². The number of ether oxygens (including phenoxy) is 1. The first-order valence-electron chi connectivity index (χ1n) is 8.93. The van der Waals surface area contributed by atoms with Crippen molar-refractivity contribution < 1.29 is 14.3 Å². The van der Waals surface area contributed by atoms with E-state index in [9.17, 15) is 9.59 Å². The van der Waals surface area contributed by atoms with Crippen LogP contribution in [-0.2, 0) is 4.74 Å². The Balaban J connectivity index is 1.55. The molecule has 1 N–H and O–H groups in total. The number of nitrogens with one attached hydrogen (secondary N) is 1. The van der Waals surface area contributed by atoms with E-state index in [0.29, 0.717) is 19.6 Å². The molecule has 0 aliphatic carbocycles. The van der Waals surface area contributed by atoms with Gasteiger partial charge in [0, 0.05) is 25.7 Å². The zero-order chi connectivity index (χ0) is 18.0. The van der Waals surface area contributed by atoms with E-state index in [-0.39, 0.29) is 24.2 Å². The predicted molar refractivity (Wildman–Crippen MR) is 95.2 cm³/mol. The first-order chi connectivity index (χ1) is 11.8. The Bertz CT molecular complexity index is 619. The van der Waals surface area contributed by atoms with Crippen molar-refractivity contribution in [3.8, 4) is 0 Å². The Labute approximate surface area is 149 Å². The fourth-order valence-electron chi connectivity index (χ4n) is 3.43. The maximum absolute atomic E-state index is 12.4. The summed E-state index contributed by atoms with van der Waals surface area (Å²) in [5.41, 5.74) is 0.649. The number of carbonyl (C=O) groups excluding carboxylic acids is 2. The van der Waals surface area contributed by atoms with E-state index in [1.54, 1.807) is 4.90 Å². The molecule has 2 saturated heterocycles. The third kappa shape index (κ3) is 4.24. The van der Waals surface area contributed by atoms with Gasteiger partial charge in [0.1, 0.15) is 5.60 Å². The third-order valence-corrected chi connectivity index (χ3v) is 4.70. The van der Waals surface area contributed by atoms with Crippen LogP contribution < -0.4 is 5.32 Å². The van der Waals surface area contributed by atoms with Crippen LogP contribution in [0.5, 0.6) is 0 Å². The Morgan fingerprint density at radius 1 is 1.16 bits per heavy atom. The molecule has 0 bridgehead atoms. The monoisotopic (exact) mass is 345 g/mol. The summed E-state index contributed by atoms with van der Waals surface area (Å²) in [6, 6.07) is 10.2. The van der Waals surface area contributed by atoms with Crippen molar-refractivity contribution in [1.29, 1.82) is 0 Å². The predicted octanol–water partition coefficient (Wildman–Crippen LogP) is 3.15. The summed E-state index contributed by atoms with van der Waals surface area (Å²) in [6.45, 7) is 7.54. The van der Waals surface area contributed by atoms with E-state index >= 15 is 0 Å². The van der Waals surface area contributed by atoms with Gasteiger partial charge in [-0.05, 0) is 39.2 Å². The normalized spacial score (nSPS) is 22.0. The molecule has 1 aromatic carbocycles. The summed E-state index contributed by atoms with van der Waals surface area (Å²) in [4.78, 5) is 28.2. The summed E-state index contributed by atoms with van der Waals surface area (Å²) < 4.78 is 5.43. The molecule has 6 nitrogen and oxygen atoms in total. The van der Waals surface area contributed by atoms with Crippen LogP contribution in [-0.4, -0.2) is 53.2 Å². The quantitative estimate of drug-likeness (QED) is 0.896. The fourth-order valence-corrected chi connectivity index (χ4v) is 3.43. The molecular formula is C19H27N3O3. The molecule has 0 radical (unpaired) electrons. The van der Waals surface area contributed by atoms with E-state index < -0.39 is 5.60 Å². The lowest BCUT2D eigenvalue weighted by molar-refractivity contribution is 0.0170. The molecule has 2 heterocycles. The van der Waals surface area contributed by atoms with Crippen molar-refractivity contribution in [3.05, 3.63) is 35.9 Å². The number of piperidine rings is 1. The van der Waals surface area contributed by atoms with Gasteiger partial charge in [-0.25, -0.2) is 9.59 Å². The van der Waals surface area contributed by atoms with Gasteiger partial charge in [-0.3, -0.25) is 0 Å². The average Bonchev–Trinajstić information content (AvgIpc) is 2.96. The van der Waals surface area contributed by atoms with Crippen LogP contribution in [0.25, 0.3) is 0 Å². The number of likely N-dealkylation sites (tertiary alicyclic amines) is 1. The van der Waals surface area contributed by atoms with Crippen LogP contribution >= 0.6 is 0 Å². The second-order valence-electron chi connectivity index (χ2n) is 7.76. The maximum Gasteiger partial charge on any atom is 0.410 e. The topological polar surface area (TPSA) is 61.9 Å². The molecule has 0 spiro atoms. The Morgan fingerprint density at radius 3 is 2.40 bits per heavy atom. The van der Waals surface area contributed by atoms with Crippen LogP contribution in [0.2, 0.25) is 0 Å². The zero-order valence-corrected chi connectivity index (χ0v) is 15.2. The number of nitrogens with zero attached hydrogens (tertiary/aromatic N) is 2. The van der Waals surface area contributed by atoms with Gasteiger partial charge in [-0.15, -0.1) is 0 Å². The molecule has 136 valence electrons. The molecule has 0 aromatic heterocycles. The van der Waals surface area contributed by atoms with Gasteiger partial charge in [-0.2, -0.15) is 0 Å². The summed E-state index contributed by atoms with van der Waals surface area (Å²) in [7, 11) is 0. The zero-order valence-electron chi connectivity index (χ0n) is 15.2. The Kier molecular flexibility index (Phi) is 4.88. The number of amides is 3. The lowest BCUT2D eigenvalue weighted by Gasteiger charge is -2.36. The third-order valence-electron chi connectivity index (χ3n) is 4.70. The molecule has 2 aliphatic heterocycles. The lowest BCUT2D eigenvalue weighted by atomic mass is 10.0. The maximum atomic E-state index is 12.4. The van der Waals surface area contributed by atoms with E-state index in [1.807, 2.05) is 56.0 Å². The Morgan fingerprint density at radius 2 is 1.80 bits per heavy atom. The average molecular weight is 345 g/mol. The van der Waals surface area contributed by atoms with Gasteiger partial charge in [-0.1, -0.05) is 30.3 Å². The van der Waals surface area contributed by atoms with Crippen molar-refractivity contribution in [1.82, 2.24) is 15.1 Å². The summed E-state index contributed by atoms with van der Waals surface area (Å²) in [6.07, 6.45) is 1.31. The Hall–Kier alpha value is -2.24. The van der Waals surface area contributed by atoms with Crippen LogP contribution in [0.4, 0.5) is 9.59 Å². The number of carbonyl (C=O) groups is 2. The highest BCUT2D eigenvalue weighted by atomic mass is 16.6. The van der Waals surface area contributed by atoms with Gasteiger partial charge in [0.2, 0.25) is 0 Å². The SMILES string of the molecule is CC(C)(C)OC(=O)N1CCC(N2CC(c3ccccc3)NC2=O)CC1. The van der Waals surface area contributed by atoms with E-state index in [0.717, 1.165) is 18.4 Å². The lowest BCUT2D eigenvalue weighted by Crippen LogP contribution is -2.48. The highest BCUT2D eigenvalue weighted by Gasteiger charge is 2.37. The van der Waals surface area contributed by atoms with Crippen LogP contribution in [0, 0.1) is 0 Å². The molecule has 1 aromatic rings. The molecule has 2 fully saturated rings. The van der Waals surface area contributed by atoms with Crippen molar-refractivity contribution in [2.75, 3.05) is 19.6 Å². The number of hydrogen-bond acceptors (Lipinski definition) is 3. The van der Waals surface area contributed by atoms with E-state index in [1.165, 1.54) is 0 Å². The largest absolute Gasteiger partial charge is 0.444 e. The van der Waals surface area contributed by atoms with Gasteiger partial charge in [0.25, 0.3) is 0 Å². The highest BCUT2D eigenvalue weighted by Crippen LogP contribution is 2.26. The molecule has 1 atom stereocenters. The molecule has 25 heavy (non-hydrogen) atoms. The van der Waals surface area contributed by atoms with Crippen LogP contribution in [0.3, 0.4) is 0 Å². The molecular weight excluding hydrogens is 318 g/mol.